The van der Waals surface area contributed by atoms with E-state index in [1.54, 1.807) is 0 Å². The fourth-order valence-corrected chi connectivity index (χ4v) is 2.54. The summed E-state index contributed by atoms with van der Waals surface area (Å²) < 4.78 is 5.62. The van der Waals surface area contributed by atoms with Crippen LogP contribution in [0.4, 0.5) is 0 Å². The number of rotatable bonds is 5. The number of aliphatic carboxylic acids is 1. The van der Waals surface area contributed by atoms with E-state index in [-0.39, 0.29) is 12.5 Å². The first kappa shape index (κ1) is 13.9. The van der Waals surface area contributed by atoms with E-state index >= 15 is 0 Å². The van der Waals surface area contributed by atoms with Crippen molar-refractivity contribution in [2.75, 3.05) is 26.7 Å². The van der Waals surface area contributed by atoms with E-state index in [9.17, 15) is 9.90 Å². The molecule has 19 heavy (non-hydrogen) atoms. The predicted octanol–water partition coefficient (Wildman–Crippen LogP) is 2.11. The number of ether oxygens (including phenoxy) is 1. The second-order valence-electron chi connectivity index (χ2n) is 5.21. The fourth-order valence-electron chi connectivity index (χ4n) is 2.54. The molecular formula is C15H21NO3. The third kappa shape index (κ3) is 3.96. The van der Waals surface area contributed by atoms with E-state index in [0.29, 0.717) is 0 Å². The van der Waals surface area contributed by atoms with Crippen molar-refractivity contribution in [2.45, 2.75) is 12.8 Å². The number of benzene rings is 1. The smallest absolute Gasteiger partial charge is 0.310 e. The molecule has 1 atom stereocenters. The lowest BCUT2D eigenvalue weighted by Gasteiger charge is -2.32. The Balaban J connectivity index is 1.91. The Morgan fingerprint density at radius 3 is 2.58 bits per heavy atom. The van der Waals surface area contributed by atoms with Gasteiger partial charge in [-0.25, -0.2) is 0 Å². The van der Waals surface area contributed by atoms with Crippen molar-refractivity contribution < 1.29 is 14.6 Å². The number of nitrogens with zero attached hydrogens (tertiary/aromatic N) is 1. The molecule has 0 aromatic heterocycles. The fraction of sp³-hybridized carbons (Fsp3) is 0.533. The molecule has 0 bridgehead atoms. The first-order valence-corrected chi connectivity index (χ1v) is 6.76. The summed E-state index contributed by atoms with van der Waals surface area (Å²) in [6.45, 7) is 2.20. The summed E-state index contributed by atoms with van der Waals surface area (Å²) in [5.41, 5.74) is 0. The number of carbonyl (C=O) groups is 1. The second kappa shape index (κ2) is 6.57. The molecule has 1 heterocycles. The van der Waals surface area contributed by atoms with Gasteiger partial charge in [0, 0.05) is 0 Å². The van der Waals surface area contributed by atoms with Gasteiger partial charge in [-0.3, -0.25) is 4.79 Å². The van der Waals surface area contributed by atoms with Gasteiger partial charge in [0.05, 0.1) is 5.92 Å². The number of likely N-dealkylation sites (tertiary alicyclic amines) is 1. The van der Waals surface area contributed by atoms with Crippen LogP contribution in [-0.2, 0) is 4.79 Å². The van der Waals surface area contributed by atoms with Crippen LogP contribution in [0.3, 0.4) is 0 Å². The van der Waals surface area contributed by atoms with Gasteiger partial charge in [0.25, 0.3) is 0 Å². The Morgan fingerprint density at radius 2 is 2.00 bits per heavy atom. The highest BCUT2D eigenvalue weighted by Gasteiger charge is 2.31. The van der Waals surface area contributed by atoms with Crippen molar-refractivity contribution >= 4 is 5.97 Å². The molecule has 1 unspecified atom stereocenters. The third-order valence-electron chi connectivity index (χ3n) is 3.82. The van der Waals surface area contributed by atoms with Crippen molar-refractivity contribution in [1.82, 2.24) is 4.90 Å². The van der Waals surface area contributed by atoms with Crippen LogP contribution in [0.5, 0.6) is 5.75 Å². The zero-order chi connectivity index (χ0) is 13.7. The summed E-state index contributed by atoms with van der Waals surface area (Å²) in [6, 6.07) is 9.40. The van der Waals surface area contributed by atoms with Crippen molar-refractivity contribution in [1.29, 1.82) is 0 Å². The Bertz CT molecular complexity index is 399. The largest absolute Gasteiger partial charge is 0.493 e. The highest BCUT2D eigenvalue weighted by molar-refractivity contribution is 5.70. The topological polar surface area (TPSA) is 49.8 Å². The Labute approximate surface area is 114 Å². The van der Waals surface area contributed by atoms with E-state index in [0.717, 1.165) is 31.7 Å². The molecule has 1 aromatic carbocycles. The summed E-state index contributed by atoms with van der Waals surface area (Å²) in [4.78, 5) is 13.7. The molecule has 0 saturated carbocycles. The molecule has 104 valence electrons. The number of carboxylic acids is 1. The summed E-state index contributed by atoms with van der Waals surface area (Å²) in [5, 5.41) is 9.38. The standard InChI is InChI=1S/C15H21NO3/c1-16-9-7-12(8-10-16)14(15(17)18)11-19-13-5-3-2-4-6-13/h2-6,12,14H,7-11H2,1H3,(H,17,18). The van der Waals surface area contributed by atoms with E-state index in [2.05, 4.69) is 11.9 Å². The van der Waals surface area contributed by atoms with Crippen molar-refractivity contribution in [3.8, 4) is 5.75 Å². The molecule has 1 aliphatic rings. The minimum Gasteiger partial charge on any atom is -0.493 e. The monoisotopic (exact) mass is 263 g/mol. The number of carboxylic acid groups (broad SMARTS) is 1. The molecular weight excluding hydrogens is 242 g/mol. The third-order valence-corrected chi connectivity index (χ3v) is 3.82. The van der Waals surface area contributed by atoms with Gasteiger partial charge in [-0.05, 0) is 51.0 Å². The van der Waals surface area contributed by atoms with Crippen LogP contribution in [0.1, 0.15) is 12.8 Å². The van der Waals surface area contributed by atoms with Gasteiger partial charge in [0.2, 0.25) is 0 Å². The maximum absolute atomic E-state index is 11.4. The van der Waals surface area contributed by atoms with Gasteiger partial charge >= 0.3 is 5.97 Å². The molecule has 0 amide bonds. The van der Waals surface area contributed by atoms with E-state index in [4.69, 9.17) is 4.74 Å². The average molecular weight is 263 g/mol. The van der Waals surface area contributed by atoms with Crippen LogP contribution in [0.2, 0.25) is 0 Å². The zero-order valence-electron chi connectivity index (χ0n) is 11.3. The summed E-state index contributed by atoms with van der Waals surface area (Å²) in [6.07, 6.45) is 1.87. The lowest BCUT2D eigenvalue weighted by molar-refractivity contribution is -0.145. The SMILES string of the molecule is CN1CCC(C(COc2ccccc2)C(=O)O)CC1. The summed E-state index contributed by atoms with van der Waals surface area (Å²) in [5.74, 6) is -0.196. The van der Waals surface area contributed by atoms with Crippen molar-refractivity contribution in [3.63, 3.8) is 0 Å². The first-order valence-electron chi connectivity index (χ1n) is 6.76. The number of para-hydroxylation sites is 1. The molecule has 0 radical (unpaired) electrons. The van der Waals surface area contributed by atoms with E-state index < -0.39 is 11.9 Å². The van der Waals surface area contributed by atoms with Crippen LogP contribution in [0, 0.1) is 11.8 Å². The normalized spacial score (nSPS) is 19.0. The lowest BCUT2D eigenvalue weighted by Crippen LogP contribution is -2.38. The molecule has 1 aromatic rings. The Kier molecular flexibility index (Phi) is 4.80. The highest BCUT2D eigenvalue weighted by Crippen LogP contribution is 2.25. The summed E-state index contributed by atoms with van der Waals surface area (Å²) in [7, 11) is 2.08. The van der Waals surface area contributed by atoms with E-state index in [1.807, 2.05) is 30.3 Å². The lowest BCUT2D eigenvalue weighted by atomic mass is 9.85. The number of piperidine rings is 1. The second-order valence-corrected chi connectivity index (χ2v) is 5.21. The summed E-state index contributed by atoms with van der Waals surface area (Å²) >= 11 is 0. The minimum absolute atomic E-state index is 0.220. The first-order chi connectivity index (χ1) is 9.16. The van der Waals surface area contributed by atoms with Crippen LogP contribution < -0.4 is 4.74 Å². The molecule has 1 fully saturated rings. The van der Waals surface area contributed by atoms with Crippen molar-refractivity contribution in [3.05, 3.63) is 30.3 Å². The number of hydrogen-bond donors (Lipinski definition) is 1. The molecule has 2 rings (SSSR count). The van der Waals surface area contributed by atoms with Crippen LogP contribution in [0.15, 0.2) is 30.3 Å². The quantitative estimate of drug-likeness (QED) is 0.884. The van der Waals surface area contributed by atoms with Gasteiger partial charge in [0.1, 0.15) is 12.4 Å². The van der Waals surface area contributed by atoms with Gasteiger partial charge in [-0.2, -0.15) is 0 Å². The van der Waals surface area contributed by atoms with Crippen molar-refractivity contribution in [2.24, 2.45) is 11.8 Å². The van der Waals surface area contributed by atoms with Gasteiger partial charge in [0.15, 0.2) is 0 Å². The maximum Gasteiger partial charge on any atom is 0.310 e. The Hall–Kier alpha value is -1.55. The maximum atomic E-state index is 11.4. The van der Waals surface area contributed by atoms with E-state index in [1.165, 1.54) is 0 Å². The molecule has 1 aliphatic heterocycles. The molecule has 1 saturated heterocycles. The minimum atomic E-state index is -0.745. The molecule has 4 heteroatoms. The molecule has 4 nitrogen and oxygen atoms in total. The molecule has 1 N–H and O–H groups in total. The number of hydrogen-bond acceptors (Lipinski definition) is 3. The van der Waals surface area contributed by atoms with Crippen LogP contribution in [0.25, 0.3) is 0 Å². The van der Waals surface area contributed by atoms with Gasteiger partial charge in [-0.1, -0.05) is 18.2 Å². The highest BCUT2D eigenvalue weighted by atomic mass is 16.5. The van der Waals surface area contributed by atoms with Crippen LogP contribution >= 0.6 is 0 Å². The Morgan fingerprint density at radius 1 is 1.37 bits per heavy atom. The van der Waals surface area contributed by atoms with Gasteiger partial charge < -0.3 is 14.7 Å². The van der Waals surface area contributed by atoms with Crippen LogP contribution in [-0.4, -0.2) is 42.7 Å². The molecule has 0 spiro atoms. The predicted molar refractivity (Wildman–Crippen MR) is 73.3 cm³/mol. The van der Waals surface area contributed by atoms with Gasteiger partial charge in [-0.15, -0.1) is 0 Å². The average Bonchev–Trinajstić information content (AvgIpc) is 2.42. The molecule has 0 aliphatic carbocycles. The zero-order valence-corrected chi connectivity index (χ0v) is 11.3.